The van der Waals surface area contributed by atoms with Gasteiger partial charge in [0.1, 0.15) is 5.75 Å². The highest BCUT2D eigenvalue weighted by atomic mass is 32.2. The van der Waals surface area contributed by atoms with E-state index in [4.69, 9.17) is 4.74 Å². The second-order valence-electron chi connectivity index (χ2n) is 6.13. The van der Waals surface area contributed by atoms with Gasteiger partial charge in [-0.25, -0.2) is 13.2 Å². The highest BCUT2D eigenvalue weighted by Gasteiger charge is 2.26. The third kappa shape index (κ3) is 4.51. The molecule has 6 nitrogen and oxygen atoms in total. The van der Waals surface area contributed by atoms with Crippen LogP contribution in [0.2, 0.25) is 0 Å². The van der Waals surface area contributed by atoms with Crippen LogP contribution in [0.4, 0.5) is 5.69 Å². The molecule has 0 bridgehead atoms. The van der Waals surface area contributed by atoms with Crippen LogP contribution >= 0.6 is 0 Å². The zero-order chi connectivity index (χ0) is 18.0. The Morgan fingerprint density at radius 1 is 1.24 bits per heavy atom. The van der Waals surface area contributed by atoms with Gasteiger partial charge in [-0.15, -0.1) is 0 Å². The topological polar surface area (TPSA) is 92.7 Å². The Morgan fingerprint density at radius 3 is 2.52 bits per heavy atom. The smallest absolute Gasteiger partial charge is 0.336 e. The zero-order valence-corrected chi connectivity index (χ0v) is 14.5. The van der Waals surface area contributed by atoms with Crippen molar-refractivity contribution in [3.8, 4) is 5.75 Å². The van der Waals surface area contributed by atoms with E-state index in [1.807, 2.05) is 6.07 Å². The van der Waals surface area contributed by atoms with Gasteiger partial charge in [0.2, 0.25) is 10.0 Å². The van der Waals surface area contributed by atoms with Crippen LogP contribution in [-0.4, -0.2) is 25.6 Å². The van der Waals surface area contributed by atoms with Crippen molar-refractivity contribution in [3.63, 3.8) is 0 Å². The van der Waals surface area contributed by atoms with E-state index in [0.29, 0.717) is 16.9 Å². The molecule has 0 amide bonds. The molecule has 1 aliphatic carbocycles. The van der Waals surface area contributed by atoms with Crippen LogP contribution < -0.4 is 9.46 Å². The maximum atomic E-state index is 12.5. The highest BCUT2D eigenvalue weighted by molar-refractivity contribution is 7.91. The Hall–Kier alpha value is -2.54. The van der Waals surface area contributed by atoms with Crippen molar-refractivity contribution in [3.05, 3.63) is 59.2 Å². The molecule has 0 radical (unpaired) electrons. The molecule has 0 aromatic heterocycles. The van der Waals surface area contributed by atoms with Crippen molar-refractivity contribution in [1.29, 1.82) is 0 Å². The summed E-state index contributed by atoms with van der Waals surface area (Å²) in [4.78, 5) is 11.4. The van der Waals surface area contributed by atoms with Crippen LogP contribution in [-0.2, 0) is 15.8 Å². The summed E-state index contributed by atoms with van der Waals surface area (Å²) in [6.45, 7) is 1.66. The summed E-state index contributed by atoms with van der Waals surface area (Å²) in [5, 5.41) is 9.29. The molecule has 0 spiro atoms. The molecule has 0 heterocycles. The van der Waals surface area contributed by atoms with Gasteiger partial charge in [-0.2, -0.15) is 0 Å². The van der Waals surface area contributed by atoms with Crippen LogP contribution in [0.5, 0.6) is 5.75 Å². The summed E-state index contributed by atoms with van der Waals surface area (Å²) < 4.78 is 33.2. The Kier molecular flexibility index (Phi) is 4.67. The van der Waals surface area contributed by atoms with Crippen LogP contribution in [0.25, 0.3) is 0 Å². The molecule has 2 aromatic rings. The average Bonchev–Trinajstić information content (AvgIpc) is 3.34. The summed E-state index contributed by atoms with van der Waals surface area (Å²) in [6.07, 6.45) is 1.89. The predicted octanol–water partition coefficient (Wildman–Crippen LogP) is 3.18. The van der Waals surface area contributed by atoms with Gasteiger partial charge >= 0.3 is 5.97 Å². The van der Waals surface area contributed by atoms with E-state index in [2.05, 4.69) is 4.72 Å². The first-order chi connectivity index (χ1) is 11.8. The Bertz CT molecular complexity index is 889. The molecule has 3 rings (SSSR count). The molecular weight excluding hydrogens is 342 g/mol. The van der Waals surface area contributed by atoms with Crippen LogP contribution in [0.1, 0.15) is 34.3 Å². The van der Waals surface area contributed by atoms with E-state index in [-0.39, 0.29) is 23.1 Å². The molecule has 132 valence electrons. The number of anilines is 1. The van der Waals surface area contributed by atoms with Gasteiger partial charge in [0.15, 0.2) is 0 Å². The normalized spacial score (nSPS) is 14.1. The van der Waals surface area contributed by atoms with E-state index in [1.165, 1.54) is 6.07 Å². The van der Waals surface area contributed by atoms with Crippen molar-refractivity contribution in [2.24, 2.45) is 0 Å². The molecule has 0 unspecified atom stereocenters. The third-order valence-electron chi connectivity index (χ3n) is 3.84. The standard InChI is InChI=1S/C18H19NO5S/c1-12-9-17(24-14-7-8-14)16(10-15(12)18(20)21)19-25(22,23)11-13-5-3-2-4-6-13/h2-6,9-10,14,19H,7-8,11H2,1H3,(H,20,21). The van der Waals surface area contributed by atoms with Gasteiger partial charge in [-0.3, -0.25) is 4.72 Å². The Labute approximate surface area is 146 Å². The van der Waals surface area contributed by atoms with Gasteiger partial charge in [-0.1, -0.05) is 30.3 Å². The van der Waals surface area contributed by atoms with Gasteiger partial charge in [0.25, 0.3) is 0 Å². The number of carbonyl (C=O) groups is 1. The lowest BCUT2D eigenvalue weighted by atomic mass is 10.1. The quantitative estimate of drug-likeness (QED) is 0.790. The number of hydrogen-bond acceptors (Lipinski definition) is 4. The molecule has 0 saturated heterocycles. The minimum Gasteiger partial charge on any atom is -0.488 e. The molecule has 1 saturated carbocycles. The number of benzene rings is 2. The van der Waals surface area contributed by atoms with Crippen molar-refractivity contribution in [2.75, 3.05) is 4.72 Å². The Morgan fingerprint density at radius 2 is 1.92 bits per heavy atom. The van der Waals surface area contributed by atoms with Crippen molar-refractivity contribution < 1.29 is 23.1 Å². The molecule has 0 atom stereocenters. The molecule has 7 heteroatoms. The van der Waals surface area contributed by atoms with Crippen molar-refractivity contribution >= 4 is 21.7 Å². The number of hydrogen-bond donors (Lipinski definition) is 2. The van der Waals surface area contributed by atoms with Gasteiger partial charge in [-0.05, 0) is 43.0 Å². The number of sulfonamides is 1. The second-order valence-corrected chi connectivity index (χ2v) is 7.85. The fourth-order valence-corrected chi connectivity index (χ4v) is 3.65. The maximum Gasteiger partial charge on any atom is 0.336 e. The number of carboxylic acids is 1. The lowest BCUT2D eigenvalue weighted by Gasteiger charge is -2.16. The third-order valence-corrected chi connectivity index (χ3v) is 5.08. The number of carboxylic acid groups (broad SMARTS) is 1. The number of rotatable bonds is 7. The molecular formula is C18H19NO5S. The van der Waals surface area contributed by atoms with E-state index >= 15 is 0 Å². The first-order valence-corrected chi connectivity index (χ1v) is 9.58. The van der Waals surface area contributed by atoms with Crippen molar-refractivity contribution in [1.82, 2.24) is 0 Å². The van der Waals surface area contributed by atoms with Crippen LogP contribution in [0.15, 0.2) is 42.5 Å². The minimum absolute atomic E-state index is 0.0422. The molecule has 0 aliphatic heterocycles. The predicted molar refractivity (Wildman–Crippen MR) is 94.5 cm³/mol. The number of aromatic carboxylic acids is 1. The largest absolute Gasteiger partial charge is 0.488 e. The SMILES string of the molecule is Cc1cc(OC2CC2)c(NS(=O)(=O)Cc2ccccc2)cc1C(=O)O. The summed E-state index contributed by atoms with van der Waals surface area (Å²) >= 11 is 0. The summed E-state index contributed by atoms with van der Waals surface area (Å²) in [7, 11) is -3.70. The number of nitrogens with one attached hydrogen (secondary N) is 1. The second kappa shape index (κ2) is 6.76. The minimum atomic E-state index is -3.70. The number of aryl methyl sites for hydroxylation is 1. The van der Waals surface area contributed by atoms with Gasteiger partial charge < -0.3 is 9.84 Å². The van der Waals surface area contributed by atoms with E-state index in [1.54, 1.807) is 37.3 Å². The van der Waals surface area contributed by atoms with E-state index < -0.39 is 16.0 Å². The molecule has 1 aliphatic rings. The number of ether oxygens (including phenoxy) is 1. The van der Waals surface area contributed by atoms with Crippen molar-refractivity contribution in [2.45, 2.75) is 31.6 Å². The lowest BCUT2D eigenvalue weighted by molar-refractivity contribution is 0.0696. The zero-order valence-electron chi connectivity index (χ0n) is 13.7. The highest BCUT2D eigenvalue weighted by Crippen LogP contribution is 2.35. The fraction of sp³-hybridized carbons (Fsp3) is 0.278. The molecule has 1 fully saturated rings. The van der Waals surface area contributed by atoms with Gasteiger partial charge in [0, 0.05) is 0 Å². The Balaban J connectivity index is 1.90. The van der Waals surface area contributed by atoms with E-state index in [0.717, 1.165) is 12.8 Å². The van der Waals surface area contributed by atoms with Crippen LogP contribution in [0, 0.1) is 6.92 Å². The summed E-state index contributed by atoms with van der Waals surface area (Å²) in [5.74, 6) is -0.951. The molecule has 2 N–H and O–H groups in total. The monoisotopic (exact) mass is 361 g/mol. The summed E-state index contributed by atoms with van der Waals surface area (Å²) in [6, 6.07) is 11.7. The van der Waals surface area contributed by atoms with Gasteiger partial charge in [0.05, 0.1) is 23.1 Å². The fourth-order valence-electron chi connectivity index (χ4n) is 2.45. The first-order valence-electron chi connectivity index (χ1n) is 7.93. The summed E-state index contributed by atoms with van der Waals surface area (Å²) in [5.41, 5.74) is 1.37. The van der Waals surface area contributed by atoms with Crippen LogP contribution in [0.3, 0.4) is 0 Å². The average molecular weight is 361 g/mol. The maximum absolute atomic E-state index is 12.5. The molecule has 25 heavy (non-hydrogen) atoms. The van der Waals surface area contributed by atoms with E-state index in [9.17, 15) is 18.3 Å². The molecule has 2 aromatic carbocycles. The first kappa shape index (κ1) is 17.3. The lowest BCUT2D eigenvalue weighted by Crippen LogP contribution is -2.17.